The number of hydrogen-bond acceptors (Lipinski definition) is 4. The minimum Gasteiger partial charge on any atom is -0.427 e. The van der Waals surface area contributed by atoms with Gasteiger partial charge in [-0.15, -0.1) is 0 Å². The molecule has 0 atom stereocenters. The van der Waals surface area contributed by atoms with Crippen LogP contribution in [-0.2, 0) is 9.59 Å². The van der Waals surface area contributed by atoms with Crippen molar-refractivity contribution in [1.82, 2.24) is 0 Å². The molecule has 0 spiro atoms. The summed E-state index contributed by atoms with van der Waals surface area (Å²) in [7, 11) is 0. The Labute approximate surface area is 157 Å². The SMILES string of the molecule is O=C(CCCCCCCC(=O)Oc1ccc(F)cc1)Oc1ccc(F)cc1. The molecule has 0 aromatic heterocycles. The number of unbranched alkanes of at least 4 members (excludes halogenated alkanes) is 4. The molecule has 0 aliphatic carbocycles. The van der Waals surface area contributed by atoms with E-state index in [4.69, 9.17) is 9.47 Å². The van der Waals surface area contributed by atoms with Crippen LogP contribution in [0.2, 0.25) is 0 Å². The van der Waals surface area contributed by atoms with Gasteiger partial charge in [0.1, 0.15) is 23.1 Å². The van der Waals surface area contributed by atoms with Gasteiger partial charge in [0.2, 0.25) is 0 Å². The van der Waals surface area contributed by atoms with Gasteiger partial charge in [-0.3, -0.25) is 9.59 Å². The Balaban J connectivity index is 1.49. The van der Waals surface area contributed by atoms with Crippen LogP contribution in [0.4, 0.5) is 8.78 Å². The highest BCUT2D eigenvalue weighted by atomic mass is 19.1. The lowest BCUT2D eigenvalue weighted by molar-refractivity contribution is -0.135. The molecule has 0 N–H and O–H groups in total. The van der Waals surface area contributed by atoms with E-state index in [1.807, 2.05) is 0 Å². The van der Waals surface area contributed by atoms with E-state index in [-0.39, 0.29) is 23.6 Å². The second-order valence-corrected chi connectivity index (χ2v) is 6.12. The topological polar surface area (TPSA) is 52.6 Å². The van der Waals surface area contributed by atoms with Crippen molar-refractivity contribution in [3.63, 3.8) is 0 Å². The van der Waals surface area contributed by atoms with Crippen molar-refractivity contribution < 1.29 is 27.8 Å². The monoisotopic (exact) mass is 376 g/mol. The van der Waals surface area contributed by atoms with E-state index in [9.17, 15) is 18.4 Å². The predicted octanol–water partition coefficient (Wildman–Crippen LogP) is 5.21. The Morgan fingerprint density at radius 1 is 0.593 bits per heavy atom. The van der Waals surface area contributed by atoms with Crippen molar-refractivity contribution >= 4 is 11.9 Å². The number of halogens is 2. The summed E-state index contributed by atoms with van der Waals surface area (Å²) < 4.78 is 35.7. The van der Waals surface area contributed by atoms with Crippen LogP contribution in [0, 0.1) is 11.6 Å². The smallest absolute Gasteiger partial charge is 0.311 e. The first-order chi connectivity index (χ1) is 13.0. The lowest BCUT2D eigenvalue weighted by atomic mass is 10.1. The molecule has 0 amide bonds. The Morgan fingerprint density at radius 3 is 1.30 bits per heavy atom. The van der Waals surface area contributed by atoms with E-state index >= 15 is 0 Å². The summed E-state index contributed by atoms with van der Waals surface area (Å²) in [6.07, 6.45) is 4.58. The van der Waals surface area contributed by atoms with Crippen LogP contribution in [0.3, 0.4) is 0 Å². The quantitative estimate of drug-likeness (QED) is 0.325. The summed E-state index contributed by atoms with van der Waals surface area (Å²) in [5, 5.41) is 0. The highest BCUT2D eigenvalue weighted by molar-refractivity contribution is 5.72. The average Bonchev–Trinajstić information content (AvgIpc) is 2.65. The number of carbonyl (C=O) groups excluding carboxylic acids is 2. The van der Waals surface area contributed by atoms with Crippen LogP contribution in [0.15, 0.2) is 48.5 Å². The maximum atomic E-state index is 12.8. The van der Waals surface area contributed by atoms with Gasteiger partial charge in [0.15, 0.2) is 0 Å². The Hall–Kier alpha value is -2.76. The fourth-order valence-electron chi connectivity index (χ4n) is 2.44. The third-order valence-corrected chi connectivity index (χ3v) is 3.85. The van der Waals surface area contributed by atoms with Gasteiger partial charge >= 0.3 is 11.9 Å². The van der Waals surface area contributed by atoms with Crippen molar-refractivity contribution in [2.45, 2.75) is 44.9 Å². The molecule has 0 saturated carbocycles. The summed E-state index contributed by atoms with van der Waals surface area (Å²) in [6, 6.07) is 10.6. The second kappa shape index (κ2) is 11.1. The van der Waals surface area contributed by atoms with Crippen molar-refractivity contribution in [3.05, 3.63) is 60.2 Å². The van der Waals surface area contributed by atoms with Gasteiger partial charge in [0.05, 0.1) is 0 Å². The molecule has 4 nitrogen and oxygen atoms in total. The summed E-state index contributed by atoms with van der Waals surface area (Å²) in [6.45, 7) is 0. The maximum Gasteiger partial charge on any atom is 0.311 e. The van der Waals surface area contributed by atoms with Crippen LogP contribution in [0.5, 0.6) is 11.5 Å². The van der Waals surface area contributed by atoms with Crippen molar-refractivity contribution in [1.29, 1.82) is 0 Å². The van der Waals surface area contributed by atoms with Gasteiger partial charge in [-0.25, -0.2) is 8.78 Å². The molecule has 0 radical (unpaired) electrons. The van der Waals surface area contributed by atoms with E-state index in [0.29, 0.717) is 37.2 Å². The molecule has 0 heterocycles. The normalized spacial score (nSPS) is 10.4. The first-order valence-corrected chi connectivity index (χ1v) is 8.95. The zero-order valence-electron chi connectivity index (χ0n) is 15.0. The molecule has 0 unspecified atom stereocenters. The number of carbonyl (C=O) groups is 2. The van der Waals surface area contributed by atoms with Gasteiger partial charge < -0.3 is 9.47 Å². The average molecular weight is 376 g/mol. The molecule has 6 heteroatoms. The summed E-state index contributed by atoms with van der Waals surface area (Å²) in [4.78, 5) is 23.3. The van der Waals surface area contributed by atoms with Gasteiger partial charge in [0, 0.05) is 12.8 Å². The minimum atomic E-state index is -0.378. The lowest BCUT2D eigenvalue weighted by Crippen LogP contribution is -2.08. The van der Waals surface area contributed by atoms with Crippen LogP contribution < -0.4 is 9.47 Å². The van der Waals surface area contributed by atoms with E-state index in [1.165, 1.54) is 48.5 Å². The molecular weight excluding hydrogens is 354 g/mol. The van der Waals surface area contributed by atoms with Gasteiger partial charge in [-0.2, -0.15) is 0 Å². The summed E-state index contributed by atoms with van der Waals surface area (Å²) in [5.74, 6) is -0.774. The van der Waals surface area contributed by atoms with E-state index < -0.39 is 0 Å². The molecule has 0 aliphatic rings. The molecule has 0 bridgehead atoms. The molecule has 0 fully saturated rings. The van der Waals surface area contributed by atoms with Gasteiger partial charge in [-0.1, -0.05) is 19.3 Å². The molecule has 2 aromatic rings. The fourth-order valence-corrected chi connectivity index (χ4v) is 2.44. The highest BCUT2D eigenvalue weighted by Gasteiger charge is 2.06. The molecule has 2 aromatic carbocycles. The number of ether oxygens (including phenoxy) is 2. The zero-order valence-corrected chi connectivity index (χ0v) is 15.0. The largest absolute Gasteiger partial charge is 0.427 e. The summed E-state index contributed by atoms with van der Waals surface area (Å²) in [5.41, 5.74) is 0. The Morgan fingerprint density at radius 2 is 0.926 bits per heavy atom. The fraction of sp³-hybridized carbons (Fsp3) is 0.333. The lowest BCUT2D eigenvalue weighted by Gasteiger charge is -2.05. The zero-order chi connectivity index (χ0) is 19.5. The molecule has 144 valence electrons. The number of rotatable bonds is 10. The van der Waals surface area contributed by atoms with Gasteiger partial charge in [-0.05, 0) is 61.4 Å². The second-order valence-electron chi connectivity index (χ2n) is 6.12. The summed E-state index contributed by atoms with van der Waals surface area (Å²) >= 11 is 0. The molecule has 0 saturated heterocycles. The minimum absolute atomic E-state index is 0.296. The standard InChI is InChI=1S/C21H22F2O4/c22-16-8-12-18(13-9-16)26-20(24)6-4-2-1-3-5-7-21(25)27-19-14-10-17(23)11-15-19/h8-15H,1-7H2. The first kappa shape index (κ1) is 20.6. The molecular formula is C21H22F2O4. The third kappa shape index (κ3) is 8.44. The predicted molar refractivity (Wildman–Crippen MR) is 96.4 cm³/mol. The van der Waals surface area contributed by atoms with Crippen LogP contribution in [0.25, 0.3) is 0 Å². The number of hydrogen-bond donors (Lipinski definition) is 0. The van der Waals surface area contributed by atoms with Gasteiger partial charge in [0.25, 0.3) is 0 Å². The molecule has 2 rings (SSSR count). The molecule has 0 aliphatic heterocycles. The molecule has 27 heavy (non-hydrogen) atoms. The van der Waals surface area contributed by atoms with Crippen molar-refractivity contribution in [2.75, 3.05) is 0 Å². The number of benzene rings is 2. The van der Waals surface area contributed by atoms with Crippen LogP contribution >= 0.6 is 0 Å². The third-order valence-electron chi connectivity index (χ3n) is 3.85. The van der Waals surface area contributed by atoms with E-state index in [1.54, 1.807) is 0 Å². The van der Waals surface area contributed by atoms with E-state index in [2.05, 4.69) is 0 Å². The van der Waals surface area contributed by atoms with Crippen LogP contribution in [0.1, 0.15) is 44.9 Å². The maximum absolute atomic E-state index is 12.8. The Kier molecular flexibility index (Phi) is 8.42. The first-order valence-electron chi connectivity index (χ1n) is 8.95. The van der Waals surface area contributed by atoms with E-state index in [0.717, 1.165) is 19.3 Å². The van der Waals surface area contributed by atoms with Crippen molar-refractivity contribution in [3.8, 4) is 11.5 Å². The van der Waals surface area contributed by atoms with Crippen LogP contribution in [-0.4, -0.2) is 11.9 Å². The Bertz CT molecular complexity index is 663. The highest BCUT2D eigenvalue weighted by Crippen LogP contribution is 2.15. The number of esters is 2. The van der Waals surface area contributed by atoms with Crippen molar-refractivity contribution in [2.24, 2.45) is 0 Å².